The van der Waals surface area contributed by atoms with Crippen LogP contribution in [0.2, 0.25) is 10.0 Å². The largest absolute Gasteiger partial charge is 0.375 e. The van der Waals surface area contributed by atoms with Crippen LogP contribution in [0.1, 0.15) is 11.1 Å². The van der Waals surface area contributed by atoms with E-state index in [1.165, 1.54) is 12.3 Å². The lowest BCUT2D eigenvalue weighted by atomic mass is 10.1. The molecule has 1 saturated heterocycles. The van der Waals surface area contributed by atoms with E-state index in [2.05, 4.69) is 27.6 Å². The van der Waals surface area contributed by atoms with Gasteiger partial charge in [-0.15, -0.1) is 0 Å². The fourth-order valence-electron chi connectivity index (χ4n) is 3.07. The van der Waals surface area contributed by atoms with Crippen LogP contribution >= 0.6 is 35.4 Å². The van der Waals surface area contributed by atoms with Gasteiger partial charge in [-0.3, -0.25) is 10.3 Å². The molecule has 1 fully saturated rings. The van der Waals surface area contributed by atoms with Crippen LogP contribution in [0, 0.1) is 5.82 Å². The fraction of sp³-hybridized carbons (Fsp3) is 0.263. The van der Waals surface area contributed by atoms with Crippen molar-refractivity contribution in [1.29, 1.82) is 0 Å². The molecule has 28 heavy (non-hydrogen) atoms. The number of rotatable bonds is 5. The Bertz CT molecular complexity index is 885. The van der Waals surface area contributed by atoms with Gasteiger partial charge in [0.05, 0.1) is 11.9 Å². The van der Waals surface area contributed by atoms with Crippen LogP contribution in [0.3, 0.4) is 0 Å². The zero-order chi connectivity index (χ0) is 20.1. The number of benzene rings is 2. The number of nitrogens with two attached hydrogens (primary N) is 1. The summed E-state index contributed by atoms with van der Waals surface area (Å²) in [6.07, 6.45) is 1.47. The Hall–Kier alpha value is -1.93. The number of anilines is 1. The van der Waals surface area contributed by atoms with E-state index in [1.54, 1.807) is 12.1 Å². The third-order valence-corrected chi connectivity index (χ3v) is 5.16. The molecule has 1 aliphatic rings. The van der Waals surface area contributed by atoms with Crippen molar-refractivity contribution in [1.82, 2.24) is 10.3 Å². The Labute approximate surface area is 178 Å². The predicted molar refractivity (Wildman–Crippen MR) is 118 cm³/mol. The Morgan fingerprint density at radius 1 is 1.18 bits per heavy atom. The molecule has 0 radical (unpaired) electrons. The van der Waals surface area contributed by atoms with Crippen LogP contribution in [0.15, 0.2) is 41.5 Å². The number of nitrogens with zero attached hydrogens (tertiary/aromatic N) is 3. The third kappa shape index (κ3) is 5.54. The van der Waals surface area contributed by atoms with Crippen LogP contribution in [0.5, 0.6) is 0 Å². The second-order valence-electron chi connectivity index (χ2n) is 6.44. The highest BCUT2D eigenvalue weighted by Gasteiger charge is 2.20. The molecule has 3 rings (SSSR count). The minimum absolute atomic E-state index is 0.0612. The van der Waals surface area contributed by atoms with Gasteiger partial charge in [0.1, 0.15) is 5.82 Å². The van der Waals surface area contributed by atoms with Gasteiger partial charge < -0.3 is 10.6 Å². The molecule has 0 unspecified atom stereocenters. The number of hydrazone groups is 1. The first kappa shape index (κ1) is 20.8. The van der Waals surface area contributed by atoms with Crippen LogP contribution in [-0.2, 0) is 6.54 Å². The summed E-state index contributed by atoms with van der Waals surface area (Å²) in [6.45, 7) is 3.85. The Morgan fingerprint density at radius 2 is 1.93 bits per heavy atom. The lowest BCUT2D eigenvalue weighted by Crippen LogP contribution is -2.46. The fourth-order valence-corrected chi connectivity index (χ4v) is 3.59. The summed E-state index contributed by atoms with van der Waals surface area (Å²) in [5.41, 5.74) is 9.99. The minimum atomic E-state index is -0.284. The normalized spacial score (nSPS) is 15.2. The molecule has 2 aromatic rings. The number of halogens is 3. The first-order valence-electron chi connectivity index (χ1n) is 8.71. The van der Waals surface area contributed by atoms with Gasteiger partial charge in [-0.2, -0.15) is 5.10 Å². The maximum Gasteiger partial charge on any atom is 0.184 e. The molecule has 1 heterocycles. The summed E-state index contributed by atoms with van der Waals surface area (Å²) < 4.78 is 14.5. The quantitative estimate of drug-likeness (QED) is 0.423. The molecule has 0 aromatic heterocycles. The molecule has 3 N–H and O–H groups in total. The lowest BCUT2D eigenvalue weighted by Gasteiger charge is -2.36. The Morgan fingerprint density at radius 3 is 2.57 bits per heavy atom. The van der Waals surface area contributed by atoms with Crippen molar-refractivity contribution in [3.05, 3.63) is 63.4 Å². The van der Waals surface area contributed by atoms with Gasteiger partial charge >= 0.3 is 0 Å². The SMILES string of the molecule is NC(=S)NN=Cc1ccc(N2CCN(Cc3ccc(Cl)cc3Cl)CC2)c(F)c1. The van der Waals surface area contributed by atoms with Crippen molar-refractivity contribution in [3.8, 4) is 0 Å². The van der Waals surface area contributed by atoms with E-state index in [9.17, 15) is 4.39 Å². The van der Waals surface area contributed by atoms with Crippen molar-refractivity contribution in [3.63, 3.8) is 0 Å². The van der Waals surface area contributed by atoms with Crippen molar-refractivity contribution in [2.45, 2.75) is 6.54 Å². The zero-order valence-corrected chi connectivity index (χ0v) is 17.4. The number of piperazine rings is 1. The summed E-state index contributed by atoms with van der Waals surface area (Å²) in [6, 6.07) is 10.6. The van der Waals surface area contributed by atoms with E-state index in [-0.39, 0.29) is 10.9 Å². The second-order valence-corrected chi connectivity index (χ2v) is 7.73. The number of hydrogen-bond acceptors (Lipinski definition) is 4. The van der Waals surface area contributed by atoms with Gasteiger partial charge in [-0.1, -0.05) is 35.3 Å². The third-order valence-electron chi connectivity index (χ3n) is 4.48. The van der Waals surface area contributed by atoms with Crippen LogP contribution in [0.4, 0.5) is 10.1 Å². The highest BCUT2D eigenvalue weighted by molar-refractivity contribution is 7.80. The average Bonchev–Trinajstić information content (AvgIpc) is 2.65. The van der Waals surface area contributed by atoms with Gasteiger partial charge in [0.25, 0.3) is 0 Å². The summed E-state index contributed by atoms with van der Waals surface area (Å²) >= 11 is 16.9. The summed E-state index contributed by atoms with van der Waals surface area (Å²) in [5.74, 6) is -0.284. The van der Waals surface area contributed by atoms with Gasteiger partial charge in [-0.05, 0) is 47.6 Å². The molecule has 0 atom stereocenters. The first-order chi connectivity index (χ1) is 13.4. The second kappa shape index (κ2) is 9.52. The molecule has 0 spiro atoms. The first-order valence-corrected chi connectivity index (χ1v) is 9.88. The average molecular weight is 440 g/mol. The van der Waals surface area contributed by atoms with Crippen molar-refractivity contribution >= 4 is 52.4 Å². The van der Waals surface area contributed by atoms with Crippen molar-refractivity contribution < 1.29 is 4.39 Å². The molecule has 0 saturated carbocycles. The standard InChI is InChI=1S/C19H20Cl2FN5S/c20-15-3-2-14(16(21)10-15)12-26-5-7-27(8-6-26)18-4-1-13(9-17(18)22)11-24-25-19(23)28/h1-4,9-11H,5-8,12H2,(H3,23,25,28). The molecule has 1 aliphatic heterocycles. The highest BCUT2D eigenvalue weighted by Crippen LogP contribution is 2.25. The summed E-state index contributed by atoms with van der Waals surface area (Å²) in [7, 11) is 0. The van der Waals surface area contributed by atoms with Gasteiger partial charge in [0.15, 0.2) is 5.11 Å². The van der Waals surface area contributed by atoms with Gasteiger partial charge in [0.2, 0.25) is 0 Å². The van der Waals surface area contributed by atoms with E-state index < -0.39 is 0 Å². The molecule has 2 aromatic carbocycles. The molecular formula is C19H20Cl2FN5S. The predicted octanol–water partition coefficient (Wildman–Crippen LogP) is 3.62. The lowest BCUT2D eigenvalue weighted by molar-refractivity contribution is 0.249. The molecule has 5 nitrogen and oxygen atoms in total. The highest BCUT2D eigenvalue weighted by atomic mass is 35.5. The Kier molecular flexibility index (Phi) is 7.07. The smallest absolute Gasteiger partial charge is 0.184 e. The van der Waals surface area contributed by atoms with Crippen LogP contribution in [-0.4, -0.2) is 42.4 Å². The number of nitrogens with one attached hydrogen (secondary N) is 1. The molecule has 0 amide bonds. The molecule has 0 bridgehead atoms. The van der Waals surface area contributed by atoms with Gasteiger partial charge in [-0.25, -0.2) is 4.39 Å². The van der Waals surface area contributed by atoms with Crippen LogP contribution in [0.25, 0.3) is 0 Å². The molecular weight excluding hydrogens is 420 g/mol. The monoisotopic (exact) mass is 439 g/mol. The molecule has 9 heteroatoms. The van der Waals surface area contributed by atoms with E-state index in [0.717, 1.165) is 38.3 Å². The van der Waals surface area contributed by atoms with E-state index in [4.69, 9.17) is 28.9 Å². The van der Waals surface area contributed by atoms with Crippen molar-refractivity contribution in [2.24, 2.45) is 10.8 Å². The number of thiocarbonyl (C=S) groups is 1. The van der Waals surface area contributed by atoms with E-state index >= 15 is 0 Å². The summed E-state index contributed by atoms with van der Waals surface area (Å²) in [5, 5.41) is 5.20. The zero-order valence-electron chi connectivity index (χ0n) is 15.0. The van der Waals surface area contributed by atoms with E-state index in [1.807, 2.05) is 23.1 Å². The number of hydrogen-bond donors (Lipinski definition) is 2. The molecule has 148 valence electrons. The summed E-state index contributed by atoms with van der Waals surface area (Å²) in [4.78, 5) is 4.34. The van der Waals surface area contributed by atoms with Crippen molar-refractivity contribution in [2.75, 3.05) is 31.1 Å². The molecule has 0 aliphatic carbocycles. The van der Waals surface area contributed by atoms with Gasteiger partial charge in [0, 0.05) is 42.8 Å². The maximum atomic E-state index is 14.5. The topological polar surface area (TPSA) is 56.9 Å². The van der Waals surface area contributed by atoms with E-state index in [0.29, 0.717) is 21.3 Å². The minimum Gasteiger partial charge on any atom is -0.375 e. The Balaban J connectivity index is 1.58. The maximum absolute atomic E-state index is 14.5. The van der Waals surface area contributed by atoms with Crippen LogP contribution < -0.4 is 16.1 Å².